The van der Waals surface area contributed by atoms with Crippen molar-refractivity contribution in [3.63, 3.8) is 0 Å². The second-order valence-electron chi connectivity index (χ2n) is 3.59. The molecule has 5 heteroatoms. The normalized spacial score (nSPS) is 10.5. The van der Waals surface area contributed by atoms with Gasteiger partial charge in [0, 0.05) is 20.8 Å². The zero-order chi connectivity index (χ0) is 11.4. The predicted octanol–water partition coefficient (Wildman–Crippen LogP) is -1.17. The van der Waals surface area contributed by atoms with Crippen LogP contribution in [-0.4, -0.2) is 30.4 Å². The maximum Gasteiger partial charge on any atom is 0.136 e. The molecule has 0 aliphatic rings. The predicted molar refractivity (Wildman–Crippen MR) is 62.3 cm³/mol. The van der Waals surface area contributed by atoms with Crippen LogP contribution in [0.4, 0.5) is 0 Å². The molecular weight excluding hydrogens is 240 g/mol. The molecule has 1 aromatic heterocycles. The van der Waals surface area contributed by atoms with Crippen molar-refractivity contribution in [2.24, 2.45) is 0 Å². The summed E-state index contributed by atoms with van der Waals surface area (Å²) in [6.45, 7) is 2.01. The molecule has 0 saturated carbocycles. The van der Waals surface area contributed by atoms with Crippen molar-refractivity contribution in [1.29, 1.82) is 0 Å². The summed E-state index contributed by atoms with van der Waals surface area (Å²) < 4.78 is 12.4. The first-order chi connectivity index (χ1) is 7.86. The van der Waals surface area contributed by atoms with Gasteiger partial charge in [-0.05, 0) is 12.1 Å². The fourth-order valence-electron chi connectivity index (χ4n) is 1.80. The molecule has 0 N–H and O–H groups in total. The van der Waals surface area contributed by atoms with Crippen molar-refractivity contribution in [2.75, 3.05) is 20.8 Å². The minimum absolute atomic E-state index is 0. The number of halogens is 1. The second kappa shape index (κ2) is 6.59. The molecular formula is C12H16ClN2O2-. The summed E-state index contributed by atoms with van der Waals surface area (Å²) in [5.74, 6) is 0.945. The van der Waals surface area contributed by atoms with Crippen LogP contribution in [0.2, 0.25) is 0 Å². The van der Waals surface area contributed by atoms with Crippen LogP contribution in [0.5, 0.6) is 0 Å². The Balaban J connectivity index is 0.00000144. The van der Waals surface area contributed by atoms with E-state index in [0.717, 1.165) is 23.4 Å². The number of hydrogen-bond donors (Lipinski definition) is 0. The zero-order valence-electron chi connectivity index (χ0n) is 10.0. The minimum atomic E-state index is 0. The number of aromatic nitrogens is 2. The summed E-state index contributed by atoms with van der Waals surface area (Å²) in [5, 5.41) is 0. The van der Waals surface area contributed by atoms with E-state index in [-0.39, 0.29) is 12.4 Å². The van der Waals surface area contributed by atoms with Gasteiger partial charge in [0.05, 0.1) is 17.6 Å². The van der Waals surface area contributed by atoms with Crippen molar-refractivity contribution in [3.05, 3.63) is 30.1 Å². The average Bonchev–Trinajstić information content (AvgIpc) is 2.65. The minimum Gasteiger partial charge on any atom is -1.00 e. The molecule has 0 aliphatic heterocycles. The Morgan fingerprint density at radius 2 is 1.94 bits per heavy atom. The lowest BCUT2D eigenvalue weighted by Gasteiger charge is -2.07. The van der Waals surface area contributed by atoms with E-state index in [9.17, 15) is 0 Å². The number of benzene rings is 1. The van der Waals surface area contributed by atoms with Crippen molar-refractivity contribution in [1.82, 2.24) is 9.55 Å². The van der Waals surface area contributed by atoms with Crippen molar-refractivity contribution in [3.8, 4) is 0 Å². The molecule has 0 amide bonds. The van der Waals surface area contributed by atoms with E-state index in [1.807, 2.05) is 18.2 Å². The van der Waals surface area contributed by atoms with Crippen LogP contribution >= 0.6 is 0 Å². The molecule has 94 valence electrons. The van der Waals surface area contributed by atoms with Gasteiger partial charge in [0.2, 0.25) is 0 Å². The van der Waals surface area contributed by atoms with Crippen LogP contribution in [0.25, 0.3) is 11.0 Å². The highest BCUT2D eigenvalue weighted by molar-refractivity contribution is 5.75. The Labute approximate surface area is 107 Å². The quantitative estimate of drug-likeness (QED) is 0.676. The molecule has 4 nitrogen and oxygen atoms in total. The third-order valence-corrected chi connectivity index (χ3v) is 2.53. The number of fused-ring (bicyclic) bond motifs is 1. The van der Waals surface area contributed by atoms with Gasteiger partial charge in [0.15, 0.2) is 0 Å². The number of imidazole rings is 1. The molecule has 2 aromatic rings. The molecule has 0 bridgehead atoms. The van der Waals surface area contributed by atoms with Gasteiger partial charge in [-0.15, -0.1) is 0 Å². The van der Waals surface area contributed by atoms with Gasteiger partial charge in [0.25, 0.3) is 0 Å². The summed E-state index contributed by atoms with van der Waals surface area (Å²) in [5.41, 5.74) is 2.14. The van der Waals surface area contributed by atoms with Crippen molar-refractivity contribution < 1.29 is 21.9 Å². The van der Waals surface area contributed by atoms with E-state index in [1.165, 1.54) is 0 Å². The number of para-hydroxylation sites is 2. The Morgan fingerprint density at radius 1 is 1.18 bits per heavy atom. The van der Waals surface area contributed by atoms with Gasteiger partial charge in [-0.25, -0.2) is 4.98 Å². The van der Waals surface area contributed by atoms with Gasteiger partial charge >= 0.3 is 0 Å². The molecule has 0 spiro atoms. The highest BCUT2D eigenvalue weighted by atomic mass is 35.5. The van der Waals surface area contributed by atoms with E-state index in [4.69, 9.17) is 9.47 Å². The van der Waals surface area contributed by atoms with Crippen LogP contribution < -0.4 is 12.4 Å². The van der Waals surface area contributed by atoms with Gasteiger partial charge in [0.1, 0.15) is 12.4 Å². The van der Waals surface area contributed by atoms with Gasteiger partial charge in [-0.1, -0.05) is 12.1 Å². The van der Waals surface area contributed by atoms with Gasteiger partial charge < -0.3 is 26.4 Å². The molecule has 0 aliphatic carbocycles. The smallest absolute Gasteiger partial charge is 0.136 e. The number of methoxy groups -OCH3 is 2. The Bertz CT molecular complexity index is 470. The van der Waals surface area contributed by atoms with Crippen LogP contribution in [-0.2, 0) is 22.6 Å². The maximum absolute atomic E-state index is 5.15. The fraction of sp³-hybridized carbons (Fsp3) is 0.417. The average molecular weight is 256 g/mol. The topological polar surface area (TPSA) is 36.3 Å². The summed E-state index contributed by atoms with van der Waals surface area (Å²) in [6.07, 6.45) is 0. The molecule has 0 radical (unpaired) electrons. The molecule has 2 rings (SSSR count). The Morgan fingerprint density at radius 3 is 2.65 bits per heavy atom. The third kappa shape index (κ3) is 2.97. The summed E-state index contributed by atoms with van der Waals surface area (Å²) >= 11 is 0. The fourth-order valence-corrected chi connectivity index (χ4v) is 1.80. The van der Waals surface area contributed by atoms with E-state index in [2.05, 4.69) is 15.6 Å². The summed E-state index contributed by atoms with van der Waals surface area (Å²) in [4.78, 5) is 4.54. The summed E-state index contributed by atoms with van der Waals surface area (Å²) in [7, 11) is 3.38. The lowest BCUT2D eigenvalue weighted by molar-refractivity contribution is -0.00000399. The van der Waals surface area contributed by atoms with E-state index < -0.39 is 0 Å². The number of hydrogen-bond acceptors (Lipinski definition) is 3. The molecule has 1 aromatic carbocycles. The molecule has 0 unspecified atom stereocenters. The van der Waals surface area contributed by atoms with Crippen molar-refractivity contribution >= 4 is 11.0 Å². The molecule has 0 fully saturated rings. The Hall–Kier alpha value is -1.10. The van der Waals surface area contributed by atoms with Gasteiger partial charge in [-0.2, -0.15) is 0 Å². The maximum atomic E-state index is 5.15. The molecule has 0 atom stereocenters. The van der Waals surface area contributed by atoms with Crippen LogP contribution in [0.15, 0.2) is 24.3 Å². The first-order valence-corrected chi connectivity index (χ1v) is 5.29. The second-order valence-corrected chi connectivity index (χ2v) is 3.59. The van der Waals surface area contributed by atoms with Gasteiger partial charge in [-0.3, -0.25) is 0 Å². The monoisotopic (exact) mass is 255 g/mol. The van der Waals surface area contributed by atoms with Crippen LogP contribution in [0.3, 0.4) is 0 Å². The summed E-state index contributed by atoms with van der Waals surface area (Å²) in [6, 6.07) is 8.09. The molecule has 17 heavy (non-hydrogen) atoms. The molecule has 1 heterocycles. The number of nitrogens with zero attached hydrogens (tertiary/aromatic N) is 2. The largest absolute Gasteiger partial charge is 1.00 e. The first kappa shape index (κ1) is 14.0. The standard InChI is InChI=1S/C12H16N2O2.ClH/c1-15-8-7-14-11-6-4-3-5-10(11)13-12(14)9-16-2;/h3-6H,7-9H2,1-2H3;1H/p-1. The number of ether oxygens (including phenoxy) is 2. The number of rotatable bonds is 5. The highest BCUT2D eigenvalue weighted by Gasteiger charge is 2.09. The zero-order valence-corrected chi connectivity index (χ0v) is 10.8. The third-order valence-electron chi connectivity index (χ3n) is 2.53. The highest BCUT2D eigenvalue weighted by Crippen LogP contribution is 2.16. The van der Waals surface area contributed by atoms with Crippen LogP contribution in [0, 0.1) is 0 Å². The SMILES string of the molecule is COCCn1c(COC)nc2ccccc21.[Cl-]. The molecule has 0 saturated heterocycles. The van der Waals surface area contributed by atoms with E-state index in [0.29, 0.717) is 13.2 Å². The van der Waals surface area contributed by atoms with Crippen LogP contribution in [0.1, 0.15) is 5.82 Å². The lowest BCUT2D eigenvalue weighted by Crippen LogP contribution is -3.00. The van der Waals surface area contributed by atoms with Crippen molar-refractivity contribution in [2.45, 2.75) is 13.2 Å². The first-order valence-electron chi connectivity index (χ1n) is 5.29. The Kier molecular flexibility index (Phi) is 5.41. The lowest BCUT2D eigenvalue weighted by atomic mass is 10.3. The van der Waals surface area contributed by atoms with E-state index in [1.54, 1.807) is 14.2 Å². The van der Waals surface area contributed by atoms with E-state index >= 15 is 0 Å².